The van der Waals surface area contributed by atoms with Crippen LogP contribution in [0.25, 0.3) is 0 Å². The van der Waals surface area contributed by atoms with E-state index in [1.165, 1.54) is 6.07 Å². The molecule has 0 fully saturated rings. The van der Waals surface area contributed by atoms with Crippen molar-refractivity contribution in [3.05, 3.63) is 39.4 Å². The third-order valence-corrected chi connectivity index (χ3v) is 2.23. The van der Waals surface area contributed by atoms with Crippen molar-refractivity contribution < 1.29 is 9.66 Å². The summed E-state index contributed by atoms with van der Waals surface area (Å²) in [6.07, 6.45) is -0.0894. The first-order chi connectivity index (χ1) is 7.41. The standard InChI is InChI=1S/C11H13NO3S/c1-7(2)15-11(16)9-5-4-8(3)6-10(9)12(13)14/h4-7H,1-3H3. The van der Waals surface area contributed by atoms with Crippen molar-refractivity contribution in [3.8, 4) is 0 Å². The predicted molar refractivity (Wildman–Crippen MR) is 65.8 cm³/mol. The molecule has 16 heavy (non-hydrogen) atoms. The summed E-state index contributed by atoms with van der Waals surface area (Å²) in [6, 6.07) is 4.89. The molecular weight excluding hydrogens is 226 g/mol. The summed E-state index contributed by atoms with van der Waals surface area (Å²) in [5, 5.41) is 11.0. The highest BCUT2D eigenvalue weighted by molar-refractivity contribution is 7.80. The molecule has 0 heterocycles. The molecule has 0 radical (unpaired) electrons. The van der Waals surface area contributed by atoms with Gasteiger partial charge in [-0.2, -0.15) is 0 Å². The lowest BCUT2D eigenvalue weighted by Gasteiger charge is -2.11. The maximum absolute atomic E-state index is 10.9. The monoisotopic (exact) mass is 239 g/mol. The van der Waals surface area contributed by atoms with Crippen LogP contribution in [0.4, 0.5) is 5.69 Å². The lowest BCUT2D eigenvalue weighted by atomic mass is 10.1. The van der Waals surface area contributed by atoms with Crippen molar-refractivity contribution in [2.45, 2.75) is 26.9 Å². The first-order valence-corrected chi connectivity index (χ1v) is 5.28. The van der Waals surface area contributed by atoms with Crippen molar-refractivity contribution >= 4 is 23.0 Å². The van der Waals surface area contributed by atoms with Gasteiger partial charge in [-0.15, -0.1) is 0 Å². The van der Waals surface area contributed by atoms with Crippen LogP contribution in [-0.2, 0) is 4.74 Å². The van der Waals surface area contributed by atoms with Crippen LogP contribution in [0.3, 0.4) is 0 Å². The molecule has 0 spiro atoms. The predicted octanol–water partition coefficient (Wildman–Crippen LogP) is 3.00. The van der Waals surface area contributed by atoms with Crippen LogP contribution < -0.4 is 0 Å². The van der Waals surface area contributed by atoms with Gasteiger partial charge in [0.1, 0.15) is 5.56 Å². The Morgan fingerprint density at radius 2 is 2.12 bits per heavy atom. The van der Waals surface area contributed by atoms with Gasteiger partial charge in [0.2, 0.25) is 0 Å². The Bertz CT molecular complexity index is 429. The van der Waals surface area contributed by atoms with Crippen LogP contribution in [0, 0.1) is 17.0 Å². The van der Waals surface area contributed by atoms with Gasteiger partial charge in [-0.1, -0.05) is 6.07 Å². The van der Waals surface area contributed by atoms with Gasteiger partial charge < -0.3 is 4.74 Å². The number of hydrogen-bond acceptors (Lipinski definition) is 4. The largest absolute Gasteiger partial charge is 0.480 e. The van der Waals surface area contributed by atoms with Crippen LogP contribution in [0.15, 0.2) is 18.2 Å². The number of nitro benzene ring substituents is 1. The second-order valence-electron chi connectivity index (χ2n) is 3.73. The third-order valence-electron chi connectivity index (χ3n) is 1.91. The number of nitro groups is 1. The average molecular weight is 239 g/mol. The van der Waals surface area contributed by atoms with Crippen molar-refractivity contribution in [1.82, 2.24) is 0 Å². The fourth-order valence-corrected chi connectivity index (χ4v) is 1.61. The molecule has 1 rings (SSSR count). The van der Waals surface area contributed by atoms with E-state index < -0.39 is 4.92 Å². The van der Waals surface area contributed by atoms with Crippen LogP contribution >= 0.6 is 12.2 Å². The molecule has 0 aliphatic heterocycles. The van der Waals surface area contributed by atoms with E-state index in [0.717, 1.165) is 5.56 Å². The van der Waals surface area contributed by atoms with E-state index in [2.05, 4.69) is 0 Å². The number of rotatable bonds is 3. The number of ether oxygens (including phenoxy) is 1. The minimum atomic E-state index is -0.446. The van der Waals surface area contributed by atoms with E-state index >= 15 is 0 Å². The van der Waals surface area contributed by atoms with E-state index in [0.29, 0.717) is 5.56 Å². The Kier molecular flexibility index (Phi) is 3.95. The zero-order chi connectivity index (χ0) is 12.3. The van der Waals surface area contributed by atoms with Crippen LogP contribution in [0.2, 0.25) is 0 Å². The topological polar surface area (TPSA) is 52.4 Å². The summed E-state index contributed by atoms with van der Waals surface area (Å²) >= 11 is 5.02. The van der Waals surface area contributed by atoms with Gasteiger partial charge in [0.15, 0.2) is 5.05 Å². The van der Waals surface area contributed by atoms with Crippen LogP contribution in [0.5, 0.6) is 0 Å². The molecule has 0 atom stereocenters. The lowest BCUT2D eigenvalue weighted by Crippen LogP contribution is -2.12. The first kappa shape index (κ1) is 12.6. The molecule has 0 amide bonds. The molecule has 0 bridgehead atoms. The van der Waals surface area contributed by atoms with E-state index in [9.17, 15) is 10.1 Å². The molecule has 1 aromatic carbocycles. The van der Waals surface area contributed by atoms with Crippen molar-refractivity contribution in [2.75, 3.05) is 0 Å². The number of nitrogens with zero attached hydrogens (tertiary/aromatic N) is 1. The van der Waals surface area contributed by atoms with E-state index in [1.54, 1.807) is 19.1 Å². The average Bonchev–Trinajstić information content (AvgIpc) is 2.16. The van der Waals surface area contributed by atoms with Crippen molar-refractivity contribution in [1.29, 1.82) is 0 Å². The highest BCUT2D eigenvalue weighted by Gasteiger charge is 2.18. The second-order valence-corrected chi connectivity index (χ2v) is 4.10. The van der Waals surface area contributed by atoms with E-state index in [1.807, 2.05) is 13.8 Å². The first-order valence-electron chi connectivity index (χ1n) is 4.88. The van der Waals surface area contributed by atoms with Crippen LogP contribution in [-0.4, -0.2) is 16.1 Å². The van der Waals surface area contributed by atoms with E-state index in [4.69, 9.17) is 17.0 Å². The van der Waals surface area contributed by atoms with Gasteiger partial charge in [0.25, 0.3) is 5.69 Å². The molecule has 5 heteroatoms. The van der Waals surface area contributed by atoms with Crippen LogP contribution in [0.1, 0.15) is 25.0 Å². The highest BCUT2D eigenvalue weighted by atomic mass is 32.1. The lowest BCUT2D eigenvalue weighted by molar-refractivity contribution is -0.385. The van der Waals surface area contributed by atoms with Gasteiger partial charge >= 0.3 is 0 Å². The minimum Gasteiger partial charge on any atom is -0.480 e. The molecule has 4 nitrogen and oxygen atoms in total. The second kappa shape index (κ2) is 5.03. The quantitative estimate of drug-likeness (QED) is 0.462. The number of benzene rings is 1. The molecule has 0 aliphatic rings. The zero-order valence-corrected chi connectivity index (χ0v) is 10.2. The molecule has 0 aromatic heterocycles. The summed E-state index contributed by atoms with van der Waals surface area (Å²) in [6.45, 7) is 5.45. The Morgan fingerprint density at radius 3 is 2.62 bits per heavy atom. The van der Waals surface area contributed by atoms with Gasteiger partial charge in [-0.05, 0) is 44.6 Å². The van der Waals surface area contributed by atoms with E-state index in [-0.39, 0.29) is 16.8 Å². The summed E-state index contributed by atoms with van der Waals surface area (Å²) in [7, 11) is 0. The molecular formula is C11H13NO3S. The summed E-state index contributed by atoms with van der Waals surface area (Å²) < 4.78 is 5.29. The Labute approximate surface area is 99.4 Å². The molecule has 1 aromatic rings. The normalized spacial score (nSPS) is 10.2. The maximum atomic E-state index is 10.9. The smallest absolute Gasteiger partial charge is 0.281 e. The highest BCUT2D eigenvalue weighted by Crippen LogP contribution is 2.21. The van der Waals surface area contributed by atoms with Crippen molar-refractivity contribution in [2.24, 2.45) is 0 Å². The van der Waals surface area contributed by atoms with Crippen molar-refractivity contribution in [3.63, 3.8) is 0 Å². The maximum Gasteiger partial charge on any atom is 0.281 e. The molecule has 0 unspecified atom stereocenters. The fraction of sp³-hybridized carbons (Fsp3) is 0.364. The Balaban J connectivity index is 3.12. The van der Waals surface area contributed by atoms with Gasteiger partial charge in [0, 0.05) is 6.07 Å². The number of hydrogen-bond donors (Lipinski definition) is 0. The summed E-state index contributed by atoms with van der Waals surface area (Å²) in [4.78, 5) is 10.4. The SMILES string of the molecule is Cc1ccc(C(=S)OC(C)C)c([N+](=O)[O-])c1. The summed E-state index contributed by atoms with van der Waals surface area (Å²) in [5.41, 5.74) is 1.17. The molecule has 0 aliphatic carbocycles. The molecule has 0 saturated heterocycles. The minimum absolute atomic E-state index is 0.00866. The molecule has 0 saturated carbocycles. The Morgan fingerprint density at radius 1 is 1.50 bits per heavy atom. The summed E-state index contributed by atoms with van der Waals surface area (Å²) in [5.74, 6) is 0. The number of thiocarbonyl (C=S) groups is 1. The molecule has 86 valence electrons. The third kappa shape index (κ3) is 3.00. The number of aryl methyl sites for hydroxylation is 1. The van der Waals surface area contributed by atoms with Gasteiger partial charge in [-0.3, -0.25) is 10.1 Å². The van der Waals surface area contributed by atoms with Gasteiger partial charge in [-0.25, -0.2) is 0 Å². The fourth-order valence-electron chi connectivity index (χ4n) is 1.24. The zero-order valence-electron chi connectivity index (χ0n) is 9.39. The molecule has 0 N–H and O–H groups in total. The van der Waals surface area contributed by atoms with Gasteiger partial charge in [0.05, 0.1) is 11.0 Å². The Hall–Kier alpha value is -1.49.